The second-order valence-electron chi connectivity index (χ2n) is 12.4. The minimum Gasteiger partial charge on any atom is -0.444 e. The van der Waals surface area contributed by atoms with Gasteiger partial charge in [0.2, 0.25) is 5.95 Å². The van der Waals surface area contributed by atoms with E-state index in [0.29, 0.717) is 60.8 Å². The van der Waals surface area contributed by atoms with Crippen LogP contribution >= 0.6 is 0 Å². The number of hydrogen-bond acceptors (Lipinski definition) is 8. The molecule has 228 valence electrons. The number of hydrogen-bond donors (Lipinski definition) is 2. The number of halogens is 2. The van der Waals surface area contributed by atoms with E-state index in [0.717, 1.165) is 31.2 Å². The van der Waals surface area contributed by atoms with Crippen molar-refractivity contribution >= 4 is 28.9 Å². The van der Waals surface area contributed by atoms with Crippen molar-refractivity contribution in [3.63, 3.8) is 0 Å². The number of anilines is 2. The summed E-state index contributed by atoms with van der Waals surface area (Å²) in [6, 6.07) is 7.38. The molecule has 1 aliphatic carbocycles. The van der Waals surface area contributed by atoms with Crippen molar-refractivity contribution in [3.05, 3.63) is 35.7 Å². The number of aryl methyl sites for hydroxylation is 1. The van der Waals surface area contributed by atoms with E-state index in [1.165, 1.54) is 4.57 Å². The highest BCUT2D eigenvalue weighted by Crippen LogP contribution is 2.31. The molecule has 1 amide bonds. The van der Waals surface area contributed by atoms with Gasteiger partial charge in [-0.3, -0.25) is 4.57 Å². The van der Waals surface area contributed by atoms with E-state index in [9.17, 15) is 13.6 Å². The van der Waals surface area contributed by atoms with Gasteiger partial charge in [0.1, 0.15) is 17.2 Å². The number of alkyl halides is 2. The fourth-order valence-electron chi connectivity index (χ4n) is 5.64. The third kappa shape index (κ3) is 7.08. The lowest BCUT2D eigenvalue weighted by molar-refractivity contribution is 0.0488. The Bertz CT molecular complexity index is 1400. The molecule has 0 bridgehead atoms. The summed E-state index contributed by atoms with van der Waals surface area (Å²) < 4.78 is 41.0. The normalized spacial score (nSPS) is 21.5. The van der Waals surface area contributed by atoms with Crippen molar-refractivity contribution in [1.29, 1.82) is 0 Å². The van der Waals surface area contributed by atoms with Crippen molar-refractivity contribution in [1.82, 2.24) is 24.8 Å². The fraction of sp³-hybridized carbons (Fsp3) is 0.600. The van der Waals surface area contributed by atoms with E-state index < -0.39 is 12.0 Å². The van der Waals surface area contributed by atoms with Crippen molar-refractivity contribution < 1.29 is 23.0 Å². The van der Waals surface area contributed by atoms with Crippen LogP contribution in [0.25, 0.3) is 16.9 Å². The number of aromatic nitrogens is 4. The molecule has 42 heavy (non-hydrogen) atoms. The van der Waals surface area contributed by atoms with Crippen LogP contribution in [0, 0.1) is 12.8 Å². The molecular formula is C30H41F2N7O3. The third-order valence-electron chi connectivity index (χ3n) is 7.74. The van der Waals surface area contributed by atoms with E-state index in [1.807, 2.05) is 39.8 Å². The number of alkyl carbamates (subject to hydrolysis) is 1. The largest absolute Gasteiger partial charge is 0.444 e. The summed E-state index contributed by atoms with van der Waals surface area (Å²) in [5, 5.41) is 6.37. The lowest BCUT2D eigenvalue weighted by atomic mass is 9.86. The topological polar surface area (TPSA) is 106 Å². The van der Waals surface area contributed by atoms with Crippen LogP contribution in [0.2, 0.25) is 0 Å². The first-order chi connectivity index (χ1) is 20.0. The van der Waals surface area contributed by atoms with Gasteiger partial charge in [0, 0.05) is 25.2 Å². The molecule has 2 aromatic heterocycles. The Kier molecular flexibility index (Phi) is 8.81. The summed E-state index contributed by atoms with van der Waals surface area (Å²) in [7, 11) is 0. The standard InChI is InChI=1S/C30H41F2N7O3/c1-18-6-11-22-23(14-18)39(27(35-22)26(31)32)25-15-24(38-12-13-41-17-19(38)2)36-28(37-25)33-16-20-7-9-21(10-8-20)34-29(40)42-30(3,4)5/h6,11,14-15,19-21,26H,7-10,12-13,16-17H2,1-5H3,(H,34,40)(H,33,36,37)/t19-,20?,21?/m0/s1. The number of nitrogens with zero attached hydrogens (tertiary/aromatic N) is 5. The van der Waals surface area contributed by atoms with Gasteiger partial charge in [0.15, 0.2) is 5.82 Å². The van der Waals surface area contributed by atoms with Crippen LogP contribution in [0.1, 0.15) is 71.2 Å². The number of nitrogens with one attached hydrogen (secondary N) is 2. The summed E-state index contributed by atoms with van der Waals surface area (Å²) in [6.07, 6.45) is 0.370. The first-order valence-electron chi connectivity index (χ1n) is 14.7. The van der Waals surface area contributed by atoms with Crippen molar-refractivity contribution in [2.75, 3.05) is 36.5 Å². The Labute approximate surface area is 245 Å². The summed E-state index contributed by atoms with van der Waals surface area (Å²) in [5.41, 5.74) is 1.47. The highest BCUT2D eigenvalue weighted by atomic mass is 19.3. The Morgan fingerprint density at radius 2 is 1.86 bits per heavy atom. The van der Waals surface area contributed by atoms with Gasteiger partial charge in [-0.25, -0.2) is 18.6 Å². The Hall–Kier alpha value is -3.54. The van der Waals surface area contributed by atoms with Gasteiger partial charge in [-0.15, -0.1) is 0 Å². The average Bonchev–Trinajstić information content (AvgIpc) is 3.31. The molecule has 1 aromatic carbocycles. The maximum absolute atomic E-state index is 14.2. The van der Waals surface area contributed by atoms with E-state index in [1.54, 1.807) is 12.1 Å². The SMILES string of the molecule is Cc1ccc2nc(C(F)F)n(-c3cc(N4CCOC[C@@H]4C)nc(NCC4CCC(NC(=O)OC(C)(C)C)CC4)n3)c2c1. The zero-order valence-corrected chi connectivity index (χ0v) is 25.0. The Morgan fingerprint density at radius 3 is 2.55 bits per heavy atom. The van der Waals surface area contributed by atoms with Crippen molar-refractivity contribution in [2.45, 2.75) is 84.4 Å². The molecule has 1 aliphatic heterocycles. The van der Waals surface area contributed by atoms with Gasteiger partial charge in [-0.05, 0) is 83.9 Å². The summed E-state index contributed by atoms with van der Waals surface area (Å²) in [4.78, 5) is 28.1. The fourth-order valence-corrected chi connectivity index (χ4v) is 5.64. The van der Waals surface area contributed by atoms with Gasteiger partial charge in [0.05, 0.1) is 30.3 Å². The summed E-state index contributed by atoms with van der Waals surface area (Å²) in [6.45, 7) is 11.9. The number of morpholine rings is 1. The number of amides is 1. The number of benzene rings is 1. The van der Waals surface area contributed by atoms with E-state index >= 15 is 0 Å². The van der Waals surface area contributed by atoms with Crippen LogP contribution in [-0.2, 0) is 9.47 Å². The van der Waals surface area contributed by atoms with Crippen LogP contribution in [0.4, 0.5) is 25.3 Å². The van der Waals surface area contributed by atoms with Crippen LogP contribution < -0.4 is 15.5 Å². The average molecular weight is 586 g/mol. The number of carbonyl (C=O) groups is 1. The molecule has 3 aromatic rings. The lowest BCUT2D eigenvalue weighted by Crippen LogP contribution is -2.44. The molecule has 0 unspecified atom stereocenters. The van der Waals surface area contributed by atoms with Crippen molar-refractivity contribution in [3.8, 4) is 5.82 Å². The molecular weight excluding hydrogens is 544 g/mol. The number of fused-ring (bicyclic) bond motifs is 1. The smallest absolute Gasteiger partial charge is 0.407 e. The third-order valence-corrected chi connectivity index (χ3v) is 7.74. The molecule has 5 rings (SSSR count). The number of rotatable bonds is 7. The number of ether oxygens (including phenoxy) is 2. The Balaban J connectivity index is 1.37. The zero-order valence-electron chi connectivity index (χ0n) is 25.0. The van der Waals surface area contributed by atoms with E-state index in [2.05, 4.69) is 27.4 Å². The number of imidazole rings is 1. The maximum Gasteiger partial charge on any atom is 0.407 e. The predicted octanol–water partition coefficient (Wildman–Crippen LogP) is 5.78. The maximum atomic E-state index is 14.2. The number of carbonyl (C=O) groups excluding carboxylic acids is 1. The zero-order chi connectivity index (χ0) is 30.0. The van der Waals surface area contributed by atoms with Crippen molar-refractivity contribution in [2.24, 2.45) is 5.92 Å². The second kappa shape index (κ2) is 12.4. The van der Waals surface area contributed by atoms with Crippen LogP contribution in [0.5, 0.6) is 0 Å². The van der Waals surface area contributed by atoms with Crippen LogP contribution in [-0.4, -0.2) is 69.6 Å². The van der Waals surface area contributed by atoms with Gasteiger partial charge in [-0.2, -0.15) is 9.97 Å². The van der Waals surface area contributed by atoms with Crippen LogP contribution in [0.15, 0.2) is 24.3 Å². The molecule has 0 radical (unpaired) electrons. The monoisotopic (exact) mass is 585 g/mol. The van der Waals surface area contributed by atoms with Gasteiger partial charge >= 0.3 is 6.09 Å². The first-order valence-corrected chi connectivity index (χ1v) is 14.7. The van der Waals surface area contributed by atoms with Crippen LogP contribution in [0.3, 0.4) is 0 Å². The quantitative estimate of drug-likeness (QED) is 0.359. The minimum atomic E-state index is -2.78. The molecule has 3 heterocycles. The highest BCUT2D eigenvalue weighted by molar-refractivity contribution is 5.79. The first kappa shape index (κ1) is 29.9. The molecule has 2 N–H and O–H groups in total. The molecule has 2 aliphatic rings. The molecule has 1 atom stereocenters. The molecule has 2 fully saturated rings. The molecule has 1 saturated heterocycles. The van der Waals surface area contributed by atoms with Gasteiger partial charge < -0.3 is 25.0 Å². The van der Waals surface area contributed by atoms with E-state index in [-0.39, 0.29) is 24.0 Å². The molecule has 0 spiro atoms. The highest BCUT2D eigenvalue weighted by Gasteiger charge is 2.27. The van der Waals surface area contributed by atoms with Gasteiger partial charge in [0.25, 0.3) is 6.43 Å². The molecule has 10 nitrogen and oxygen atoms in total. The predicted molar refractivity (Wildman–Crippen MR) is 158 cm³/mol. The summed E-state index contributed by atoms with van der Waals surface area (Å²) in [5.74, 6) is 1.38. The second-order valence-corrected chi connectivity index (χ2v) is 12.4. The van der Waals surface area contributed by atoms with E-state index in [4.69, 9.17) is 19.4 Å². The molecule has 12 heteroatoms. The van der Waals surface area contributed by atoms with Gasteiger partial charge in [-0.1, -0.05) is 6.07 Å². The summed E-state index contributed by atoms with van der Waals surface area (Å²) >= 11 is 0. The molecule has 1 saturated carbocycles. The minimum absolute atomic E-state index is 0.0680. The Morgan fingerprint density at radius 1 is 1.12 bits per heavy atom. The lowest BCUT2D eigenvalue weighted by Gasteiger charge is -2.34.